The van der Waals surface area contributed by atoms with Gasteiger partial charge in [0.15, 0.2) is 5.69 Å². The molecule has 0 N–H and O–H groups in total. The number of nitrogens with zero attached hydrogens (tertiary/aromatic N) is 4. The monoisotopic (exact) mass is 376 g/mol. The molecule has 1 aromatic heterocycles. The van der Waals surface area contributed by atoms with Crippen LogP contribution in [0, 0.1) is 0 Å². The number of amides is 1. The molecule has 0 spiro atoms. The minimum Gasteiger partial charge on any atom is -0.497 e. The zero-order valence-corrected chi connectivity index (χ0v) is 15.5. The van der Waals surface area contributed by atoms with Crippen molar-refractivity contribution in [3.05, 3.63) is 71.0 Å². The van der Waals surface area contributed by atoms with Crippen LogP contribution in [0.1, 0.15) is 33.4 Å². The van der Waals surface area contributed by atoms with Crippen molar-refractivity contribution in [3.63, 3.8) is 0 Å². The second-order valence-corrected chi connectivity index (χ2v) is 6.98. The van der Waals surface area contributed by atoms with Crippen molar-refractivity contribution in [1.82, 2.24) is 15.0 Å². The van der Waals surface area contributed by atoms with E-state index in [1.807, 2.05) is 42.5 Å². The van der Waals surface area contributed by atoms with E-state index in [-0.39, 0.29) is 12.0 Å². The normalized spacial score (nSPS) is 17.9. The Morgan fingerprint density at radius 2 is 2.00 bits per heavy atom. The van der Waals surface area contributed by atoms with Gasteiger partial charge in [0.05, 0.1) is 26.0 Å². The van der Waals surface area contributed by atoms with E-state index in [1.165, 1.54) is 5.56 Å². The summed E-state index contributed by atoms with van der Waals surface area (Å²) in [6.45, 7) is 1.50. The van der Waals surface area contributed by atoms with Gasteiger partial charge >= 0.3 is 0 Å². The lowest BCUT2D eigenvalue weighted by Crippen LogP contribution is -2.31. The van der Waals surface area contributed by atoms with E-state index in [0.29, 0.717) is 25.4 Å². The number of hydrogen-bond donors (Lipinski definition) is 0. The number of hydrogen-bond acceptors (Lipinski definition) is 5. The first-order valence-electron chi connectivity index (χ1n) is 9.32. The van der Waals surface area contributed by atoms with Gasteiger partial charge in [0.2, 0.25) is 0 Å². The fourth-order valence-electron chi connectivity index (χ4n) is 3.87. The molecule has 7 heteroatoms. The molecule has 0 saturated heterocycles. The van der Waals surface area contributed by atoms with Crippen LogP contribution in [-0.2, 0) is 24.3 Å². The lowest BCUT2D eigenvalue weighted by atomic mass is 10.1. The van der Waals surface area contributed by atoms with Gasteiger partial charge in [0, 0.05) is 12.2 Å². The first kappa shape index (κ1) is 16.9. The van der Waals surface area contributed by atoms with E-state index < -0.39 is 0 Å². The Hall–Kier alpha value is -3.19. The molecule has 0 radical (unpaired) electrons. The van der Waals surface area contributed by atoms with Crippen LogP contribution in [0.2, 0.25) is 0 Å². The highest BCUT2D eigenvalue weighted by Gasteiger charge is 2.32. The van der Waals surface area contributed by atoms with Gasteiger partial charge in [0.1, 0.15) is 11.9 Å². The van der Waals surface area contributed by atoms with Crippen LogP contribution in [0.4, 0.5) is 5.69 Å². The van der Waals surface area contributed by atoms with Crippen molar-refractivity contribution in [2.75, 3.05) is 18.6 Å². The maximum Gasteiger partial charge on any atom is 0.280 e. The van der Waals surface area contributed by atoms with Crippen LogP contribution in [0.5, 0.6) is 5.75 Å². The molecule has 5 rings (SSSR count). The molecule has 0 unspecified atom stereocenters. The third-order valence-corrected chi connectivity index (χ3v) is 5.42. The number of ether oxygens (including phenoxy) is 2. The Labute approximate surface area is 162 Å². The molecule has 2 aliphatic heterocycles. The highest BCUT2D eigenvalue weighted by molar-refractivity contribution is 6.06. The van der Waals surface area contributed by atoms with E-state index in [0.717, 1.165) is 29.1 Å². The van der Waals surface area contributed by atoms with Gasteiger partial charge in [-0.25, -0.2) is 4.68 Å². The van der Waals surface area contributed by atoms with Gasteiger partial charge in [-0.05, 0) is 35.7 Å². The maximum atomic E-state index is 13.1. The summed E-state index contributed by atoms with van der Waals surface area (Å²) in [4.78, 5) is 14.9. The summed E-state index contributed by atoms with van der Waals surface area (Å²) in [7, 11) is 1.64. The zero-order chi connectivity index (χ0) is 19.1. The van der Waals surface area contributed by atoms with Crippen molar-refractivity contribution in [2.45, 2.75) is 25.7 Å². The van der Waals surface area contributed by atoms with E-state index in [9.17, 15) is 4.79 Å². The summed E-state index contributed by atoms with van der Waals surface area (Å²) in [5, 5.41) is 8.42. The molecule has 142 valence electrons. The lowest BCUT2D eigenvalue weighted by molar-refractivity contribution is -0.00175. The van der Waals surface area contributed by atoms with E-state index in [2.05, 4.69) is 16.4 Å². The molecule has 1 atom stereocenters. The average Bonchev–Trinajstić information content (AvgIpc) is 3.37. The largest absolute Gasteiger partial charge is 0.497 e. The van der Waals surface area contributed by atoms with Crippen LogP contribution < -0.4 is 9.64 Å². The lowest BCUT2D eigenvalue weighted by Gasteiger charge is -2.25. The van der Waals surface area contributed by atoms with E-state index in [1.54, 1.807) is 16.7 Å². The fraction of sp³-hybridized carbons (Fsp3) is 0.286. The molecule has 2 aromatic carbocycles. The summed E-state index contributed by atoms with van der Waals surface area (Å²) < 4.78 is 13.0. The third-order valence-electron chi connectivity index (χ3n) is 5.42. The number of anilines is 1. The van der Waals surface area contributed by atoms with Crippen molar-refractivity contribution >= 4 is 11.6 Å². The van der Waals surface area contributed by atoms with Crippen LogP contribution in [0.25, 0.3) is 0 Å². The predicted molar refractivity (Wildman–Crippen MR) is 102 cm³/mol. The first-order valence-corrected chi connectivity index (χ1v) is 9.32. The quantitative estimate of drug-likeness (QED) is 0.703. The zero-order valence-electron chi connectivity index (χ0n) is 15.5. The number of carbonyl (C=O) groups is 1. The van der Waals surface area contributed by atoms with Gasteiger partial charge in [-0.15, -0.1) is 5.10 Å². The minimum atomic E-state index is -0.129. The number of para-hydroxylation sites is 1. The highest BCUT2D eigenvalue weighted by Crippen LogP contribution is 2.31. The molecule has 3 aromatic rings. The van der Waals surface area contributed by atoms with Gasteiger partial charge < -0.3 is 14.4 Å². The molecular weight excluding hydrogens is 356 g/mol. The number of rotatable bonds is 3. The molecule has 7 nitrogen and oxygen atoms in total. The Bertz CT molecular complexity index is 1030. The molecule has 0 fully saturated rings. The van der Waals surface area contributed by atoms with Crippen molar-refractivity contribution in [1.29, 1.82) is 0 Å². The Balaban J connectivity index is 1.38. The average molecular weight is 376 g/mol. The maximum absolute atomic E-state index is 13.1. The number of fused-ring (bicyclic) bond motifs is 2. The van der Waals surface area contributed by atoms with Gasteiger partial charge in [0.25, 0.3) is 5.91 Å². The molecular formula is C21H20N4O3. The smallest absolute Gasteiger partial charge is 0.280 e. The van der Waals surface area contributed by atoms with Gasteiger partial charge in [-0.1, -0.05) is 35.5 Å². The number of carbonyl (C=O) groups excluding carboxylic acids is 1. The summed E-state index contributed by atoms with van der Waals surface area (Å²) in [5.74, 6) is 0.692. The first-order chi connectivity index (χ1) is 13.7. The highest BCUT2D eigenvalue weighted by atomic mass is 16.5. The Kier molecular flexibility index (Phi) is 4.09. The number of methoxy groups -OCH3 is 1. The number of benzene rings is 2. The summed E-state index contributed by atoms with van der Waals surface area (Å²) in [6, 6.07) is 15.8. The van der Waals surface area contributed by atoms with Gasteiger partial charge in [-0.3, -0.25) is 4.79 Å². The Morgan fingerprint density at radius 3 is 2.82 bits per heavy atom. The van der Waals surface area contributed by atoms with Crippen molar-refractivity contribution < 1.29 is 14.3 Å². The molecule has 3 heterocycles. The molecule has 0 aliphatic carbocycles. The fourth-order valence-corrected chi connectivity index (χ4v) is 3.87. The van der Waals surface area contributed by atoms with Crippen LogP contribution >= 0.6 is 0 Å². The third kappa shape index (κ3) is 2.75. The van der Waals surface area contributed by atoms with Crippen molar-refractivity contribution in [3.8, 4) is 5.75 Å². The van der Waals surface area contributed by atoms with Crippen LogP contribution in [0.15, 0.2) is 48.5 Å². The van der Waals surface area contributed by atoms with E-state index >= 15 is 0 Å². The number of aromatic nitrogens is 3. The van der Waals surface area contributed by atoms with Crippen LogP contribution in [-0.4, -0.2) is 34.6 Å². The molecule has 0 saturated carbocycles. The standard InChI is InChI=1S/C21H20N4O3/c1-27-16-8-6-15(7-9-16)19-12-25-18(13-28-19)20(22-23-25)21(26)24-11-10-14-4-2-3-5-17(14)24/h2-9,19H,10-13H2,1H3/t19-/m0/s1. The molecule has 28 heavy (non-hydrogen) atoms. The summed E-state index contributed by atoms with van der Waals surface area (Å²) in [5.41, 5.74) is 4.31. The molecule has 0 bridgehead atoms. The second-order valence-electron chi connectivity index (χ2n) is 6.98. The van der Waals surface area contributed by atoms with E-state index in [4.69, 9.17) is 9.47 Å². The summed E-state index contributed by atoms with van der Waals surface area (Å²) in [6.07, 6.45) is 0.733. The van der Waals surface area contributed by atoms with Crippen LogP contribution in [0.3, 0.4) is 0 Å². The molecule has 1 amide bonds. The Morgan fingerprint density at radius 1 is 1.18 bits per heavy atom. The van der Waals surface area contributed by atoms with Crippen molar-refractivity contribution in [2.24, 2.45) is 0 Å². The molecule has 2 aliphatic rings. The SMILES string of the molecule is COc1ccc([C@@H]2Cn3nnc(C(=O)N4CCc5ccccc54)c3CO2)cc1. The topological polar surface area (TPSA) is 69.5 Å². The summed E-state index contributed by atoms with van der Waals surface area (Å²) >= 11 is 0. The van der Waals surface area contributed by atoms with Gasteiger partial charge in [-0.2, -0.15) is 0 Å². The second kappa shape index (κ2) is 6.76. The predicted octanol–water partition coefficient (Wildman–Crippen LogP) is 2.76. The minimum absolute atomic E-state index is 0.113.